The minimum Gasteiger partial charge on any atom is -0.479 e. The van der Waals surface area contributed by atoms with E-state index in [-0.39, 0.29) is 0 Å². The molecule has 0 radical (unpaired) electrons. The maximum atomic E-state index is 10.8. The van der Waals surface area contributed by atoms with E-state index in [1.807, 2.05) is 17.7 Å². The number of carbonyl (C=O) groups excluding carboxylic acids is 1. The summed E-state index contributed by atoms with van der Waals surface area (Å²) in [7, 11) is 3.43. The zero-order valence-electron chi connectivity index (χ0n) is 8.02. The zero-order valence-corrected chi connectivity index (χ0v) is 8.02. The first-order chi connectivity index (χ1) is 6.77. The molecule has 0 amide bonds. The first-order valence-electron chi connectivity index (χ1n) is 4.21. The van der Waals surface area contributed by atoms with Crippen molar-refractivity contribution in [2.45, 2.75) is 0 Å². The number of carbonyl (C=O) groups is 1. The highest BCUT2D eigenvalue weighted by atomic mass is 16.5. The summed E-state index contributed by atoms with van der Waals surface area (Å²) in [6, 6.07) is 1.81. The summed E-state index contributed by atoms with van der Waals surface area (Å²) in [6.45, 7) is 0. The van der Waals surface area contributed by atoms with Crippen LogP contribution in [0.25, 0.3) is 10.9 Å². The molecule has 4 nitrogen and oxygen atoms in total. The van der Waals surface area contributed by atoms with E-state index in [0.717, 1.165) is 17.2 Å². The van der Waals surface area contributed by atoms with E-state index in [0.29, 0.717) is 11.4 Å². The number of aromatic nitrogens is 2. The van der Waals surface area contributed by atoms with E-state index in [9.17, 15) is 4.79 Å². The van der Waals surface area contributed by atoms with Gasteiger partial charge in [-0.05, 0) is 6.07 Å². The fourth-order valence-electron chi connectivity index (χ4n) is 1.59. The maximum Gasteiger partial charge on any atom is 0.238 e. The highest BCUT2D eigenvalue weighted by molar-refractivity contribution is 5.99. The number of aryl methyl sites for hydroxylation is 1. The summed E-state index contributed by atoms with van der Waals surface area (Å²) in [5, 5.41) is 0.870. The van der Waals surface area contributed by atoms with Crippen molar-refractivity contribution in [1.29, 1.82) is 0 Å². The summed E-state index contributed by atoms with van der Waals surface area (Å²) >= 11 is 0. The number of methoxy groups -OCH3 is 1. The topological polar surface area (TPSA) is 44.1 Å². The first kappa shape index (κ1) is 8.74. The third-order valence-corrected chi connectivity index (χ3v) is 2.21. The van der Waals surface area contributed by atoms with Gasteiger partial charge in [0.25, 0.3) is 0 Å². The number of nitrogens with zero attached hydrogens (tertiary/aromatic N) is 2. The Labute approximate surface area is 81.1 Å². The molecule has 2 heterocycles. The highest BCUT2D eigenvalue weighted by Crippen LogP contribution is 2.25. The number of hydrogen-bond acceptors (Lipinski definition) is 3. The van der Waals surface area contributed by atoms with Gasteiger partial charge in [0.15, 0.2) is 6.29 Å². The summed E-state index contributed by atoms with van der Waals surface area (Å²) in [5.74, 6) is 0.540. The average molecular weight is 190 g/mol. The largest absolute Gasteiger partial charge is 0.479 e. The fraction of sp³-hybridized carbons (Fsp3) is 0.200. The molecule has 0 N–H and O–H groups in total. The van der Waals surface area contributed by atoms with Crippen LogP contribution in [-0.2, 0) is 7.05 Å². The van der Waals surface area contributed by atoms with Crippen LogP contribution < -0.4 is 4.74 Å². The number of hydrogen-bond donors (Lipinski definition) is 0. The van der Waals surface area contributed by atoms with Gasteiger partial charge < -0.3 is 9.30 Å². The average Bonchev–Trinajstić information content (AvgIpc) is 2.55. The maximum absolute atomic E-state index is 10.8. The van der Waals surface area contributed by atoms with Crippen molar-refractivity contribution in [3.63, 3.8) is 0 Å². The molecule has 0 spiro atoms. The first-order valence-corrected chi connectivity index (χ1v) is 4.21. The minimum absolute atomic E-state index is 0.540. The molecule has 2 aromatic rings. The molecule has 0 aliphatic carbocycles. The monoisotopic (exact) mass is 190 g/mol. The van der Waals surface area contributed by atoms with Crippen LogP contribution in [0.4, 0.5) is 0 Å². The van der Waals surface area contributed by atoms with Crippen LogP contribution >= 0.6 is 0 Å². The van der Waals surface area contributed by atoms with Gasteiger partial charge in [-0.15, -0.1) is 0 Å². The van der Waals surface area contributed by atoms with E-state index in [1.54, 1.807) is 19.5 Å². The van der Waals surface area contributed by atoms with Crippen LogP contribution in [-0.4, -0.2) is 22.9 Å². The molecule has 0 bridgehead atoms. The SMILES string of the molecule is COc1nccc2c(C=O)cn(C)c12. The van der Waals surface area contributed by atoms with Gasteiger partial charge in [-0.2, -0.15) is 0 Å². The number of aldehydes is 1. The molecule has 0 saturated heterocycles. The molecule has 0 aliphatic heterocycles. The quantitative estimate of drug-likeness (QED) is 0.672. The Hall–Kier alpha value is -1.84. The Morgan fingerprint density at radius 2 is 2.36 bits per heavy atom. The highest BCUT2D eigenvalue weighted by Gasteiger charge is 2.10. The molecule has 0 aromatic carbocycles. The Balaban J connectivity index is 2.87. The van der Waals surface area contributed by atoms with Crippen molar-refractivity contribution in [3.05, 3.63) is 24.0 Å². The van der Waals surface area contributed by atoms with Gasteiger partial charge in [-0.3, -0.25) is 4.79 Å². The summed E-state index contributed by atoms with van der Waals surface area (Å²) < 4.78 is 6.96. The van der Waals surface area contributed by atoms with Gasteiger partial charge in [0.05, 0.1) is 7.11 Å². The van der Waals surface area contributed by atoms with E-state index in [2.05, 4.69) is 4.98 Å². The van der Waals surface area contributed by atoms with Crippen LogP contribution in [0.5, 0.6) is 5.88 Å². The van der Waals surface area contributed by atoms with Crippen LogP contribution in [0.15, 0.2) is 18.5 Å². The second-order valence-corrected chi connectivity index (χ2v) is 3.03. The molecular formula is C10H10N2O2. The lowest BCUT2D eigenvalue weighted by molar-refractivity contribution is 0.112. The van der Waals surface area contributed by atoms with Crippen molar-refractivity contribution >= 4 is 17.2 Å². The van der Waals surface area contributed by atoms with E-state index in [1.165, 1.54) is 0 Å². The summed E-state index contributed by atoms with van der Waals surface area (Å²) in [6.07, 6.45) is 4.23. The van der Waals surface area contributed by atoms with Gasteiger partial charge >= 0.3 is 0 Å². The number of fused-ring (bicyclic) bond motifs is 1. The molecule has 0 saturated carbocycles. The molecule has 4 heteroatoms. The molecule has 14 heavy (non-hydrogen) atoms. The molecule has 2 rings (SSSR count). The predicted molar refractivity (Wildman–Crippen MR) is 52.7 cm³/mol. The van der Waals surface area contributed by atoms with E-state index < -0.39 is 0 Å². The van der Waals surface area contributed by atoms with Gasteiger partial charge in [0.1, 0.15) is 5.52 Å². The van der Waals surface area contributed by atoms with Crippen molar-refractivity contribution in [2.75, 3.05) is 7.11 Å². The van der Waals surface area contributed by atoms with Gasteiger partial charge in [0.2, 0.25) is 5.88 Å². The third-order valence-electron chi connectivity index (χ3n) is 2.21. The number of pyridine rings is 1. The van der Waals surface area contributed by atoms with Crippen LogP contribution in [0.3, 0.4) is 0 Å². The third kappa shape index (κ3) is 1.08. The standard InChI is InChI=1S/C10H10N2O2/c1-12-5-7(6-13)8-3-4-11-10(14-2)9(8)12/h3-6H,1-2H3. The molecule has 72 valence electrons. The van der Waals surface area contributed by atoms with Gasteiger partial charge in [0, 0.05) is 30.4 Å². The zero-order chi connectivity index (χ0) is 10.1. The lowest BCUT2D eigenvalue weighted by atomic mass is 10.2. The van der Waals surface area contributed by atoms with Crippen molar-refractivity contribution in [3.8, 4) is 5.88 Å². The summed E-state index contributed by atoms with van der Waals surface area (Å²) in [5.41, 5.74) is 1.50. The Morgan fingerprint density at radius 3 is 3.00 bits per heavy atom. The lowest BCUT2D eigenvalue weighted by Gasteiger charge is -2.02. The summed E-state index contributed by atoms with van der Waals surface area (Å²) in [4.78, 5) is 14.8. The van der Waals surface area contributed by atoms with Gasteiger partial charge in [-0.1, -0.05) is 0 Å². The van der Waals surface area contributed by atoms with E-state index >= 15 is 0 Å². The number of rotatable bonds is 2. The van der Waals surface area contributed by atoms with Crippen molar-refractivity contribution in [1.82, 2.24) is 9.55 Å². The number of ether oxygens (including phenoxy) is 1. The molecular weight excluding hydrogens is 180 g/mol. The lowest BCUT2D eigenvalue weighted by Crippen LogP contribution is -1.92. The van der Waals surface area contributed by atoms with E-state index in [4.69, 9.17) is 4.74 Å². The molecule has 0 fully saturated rings. The molecule has 0 unspecified atom stereocenters. The van der Waals surface area contributed by atoms with Crippen molar-refractivity contribution < 1.29 is 9.53 Å². The molecule has 0 atom stereocenters. The normalized spacial score (nSPS) is 10.4. The Morgan fingerprint density at radius 1 is 1.57 bits per heavy atom. The predicted octanol–water partition coefficient (Wildman–Crippen LogP) is 1.39. The second-order valence-electron chi connectivity index (χ2n) is 3.03. The van der Waals surface area contributed by atoms with Gasteiger partial charge in [-0.25, -0.2) is 4.98 Å². The fourth-order valence-corrected chi connectivity index (χ4v) is 1.59. The van der Waals surface area contributed by atoms with Crippen LogP contribution in [0, 0.1) is 0 Å². The second kappa shape index (κ2) is 3.14. The van der Waals surface area contributed by atoms with Crippen molar-refractivity contribution in [2.24, 2.45) is 7.05 Å². The minimum atomic E-state index is 0.540. The molecule has 2 aromatic heterocycles. The smallest absolute Gasteiger partial charge is 0.238 e. The van der Waals surface area contributed by atoms with Crippen LogP contribution in [0.2, 0.25) is 0 Å². The van der Waals surface area contributed by atoms with Crippen LogP contribution in [0.1, 0.15) is 10.4 Å². The Kier molecular flexibility index (Phi) is 1.96. The Bertz CT molecular complexity index is 488. The molecule has 0 aliphatic rings.